The molecular formula is C14H20ClNO2. The summed E-state index contributed by atoms with van der Waals surface area (Å²) < 4.78 is 11.4. The predicted octanol–water partition coefficient (Wildman–Crippen LogP) is 2.87. The molecule has 0 spiro atoms. The number of ether oxygens (including phenoxy) is 2. The average molecular weight is 270 g/mol. The number of hydrogen-bond donors (Lipinski definition) is 1. The van der Waals surface area contributed by atoms with Crippen LogP contribution in [0.15, 0.2) is 24.3 Å². The Morgan fingerprint density at radius 2 is 2.06 bits per heavy atom. The molecule has 0 bridgehead atoms. The van der Waals surface area contributed by atoms with Crippen molar-refractivity contribution in [2.75, 3.05) is 13.7 Å². The molecule has 4 heteroatoms. The van der Waals surface area contributed by atoms with Crippen LogP contribution < -0.4 is 10.1 Å². The summed E-state index contributed by atoms with van der Waals surface area (Å²) in [4.78, 5) is 0. The van der Waals surface area contributed by atoms with Gasteiger partial charge in [-0.25, -0.2) is 0 Å². The molecule has 2 rings (SSSR count). The molecule has 1 aromatic carbocycles. The van der Waals surface area contributed by atoms with E-state index in [-0.39, 0.29) is 12.2 Å². The van der Waals surface area contributed by atoms with Gasteiger partial charge in [0.05, 0.1) is 0 Å². The van der Waals surface area contributed by atoms with Crippen molar-refractivity contribution in [1.82, 2.24) is 5.32 Å². The molecule has 1 N–H and O–H groups in total. The van der Waals surface area contributed by atoms with Crippen molar-refractivity contribution in [2.45, 2.75) is 38.0 Å². The smallest absolute Gasteiger partial charge is 0.128 e. The van der Waals surface area contributed by atoms with E-state index in [0.717, 1.165) is 30.2 Å². The minimum atomic E-state index is 0.130. The van der Waals surface area contributed by atoms with E-state index in [9.17, 15) is 0 Å². The topological polar surface area (TPSA) is 30.5 Å². The van der Waals surface area contributed by atoms with Gasteiger partial charge < -0.3 is 14.8 Å². The first-order chi connectivity index (χ1) is 8.74. The largest absolute Gasteiger partial charge is 0.488 e. The highest BCUT2D eigenvalue weighted by Crippen LogP contribution is 2.29. The van der Waals surface area contributed by atoms with Crippen molar-refractivity contribution in [3.63, 3.8) is 0 Å². The van der Waals surface area contributed by atoms with E-state index in [1.54, 1.807) is 7.11 Å². The predicted molar refractivity (Wildman–Crippen MR) is 73.4 cm³/mol. The molecule has 0 saturated heterocycles. The molecule has 1 saturated carbocycles. The Kier molecular flexibility index (Phi) is 4.87. The van der Waals surface area contributed by atoms with E-state index < -0.39 is 0 Å². The van der Waals surface area contributed by atoms with Crippen molar-refractivity contribution in [3.05, 3.63) is 29.3 Å². The first-order valence-corrected chi connectivity index (χ1v) is 6.80. The molecule has 18 heavy (non-hydrogen) atoms. The van der Waals surface area contributed by atoms with Crippen LogP contribution in [0, 0.1) is 0 Å². The number of nitrogens with one attached hydrogen (secondary N) is 1. The summed E-state index contributed by atoms with van der Waals surface area (Å²) in [6.45, 7) is 3.19. The Balaban J connectivity index is 1.85. The fourth-order valence-electron chi connectivity index (χ4n) is 2.23. The molecule has 3 atom stereocenters. The van der Waals surface area contributed by atoms with Crippen LogP contribution in [0.5, 0.6) is 5.75 Å². The third-order valence-electron chi connectivity index (χ3n) is 3.28. The van der Waals surface area contributed by atoms with Gasteiger partial charge in [-0.3, -0.25) is 0 Å². The van der Waals surface area contributed by atoms with Crippen molar-refractivity contribution >= 4 is 11.6 Å². The van der Waals surface area contributed by atoms with Gasteiger partial charge in [-0.15, -0.1) is 0 Å². The summed E-state index contributed by atoms with van der Waals surface area (Å²) >= 11 is 5.84. The number of rotatable bonds is 6. The summed E-state index contributed by atoms with van der Waals surface area (Å²) in [5.41, 5.74) is 0. The van der Waals surface area contributed by atoms with Crippen LogP contribution in [0.1, 0.15) is 19.8 Å². The van der Waals surface area contributed by atoms with Gasteiger partial charge in [-0.1, -0.05) is 18.5 Å². The Morgan fingerprint density at radius 1 is 1.33 bits per heavy atom. The summed E-state index contributed by atoms with van der Waals surface area (Å²) in [5, 5.41) is 4.19. The molecule has 0 heterocycles. The molecule has 0 amide bonds. The van der Waals surface area contributed by atoms with Crippen LogP contribution in [0.4, 0.5) is 0 Å². The van der Waals surface area contributed by atoms with E-state index in [1.807, 2.05) is 24.3 Å². The fourth-order valence-corrected chi connectivity index (χ4v) is 2.36. The molecule has 3 unspecified atom stereocenters. The first kappa shape index (κ1) is 13.7. The maximum absolute atomic E-state index is 5.90. The first-order valence-electron chi connectivity index (χ1n) is 6.43. The lowest BCUT2D eigenvalue weighted by atomic mass is 9.85. The van der Waals surface area contributed by atoms with Crippen molar-refractivity contribution < 1.29 is 9.47 Å². The second-order valence-electron chi connectivity index (χ2n) is 4.61. The zero-order valence-corrected chi connectivity index (χ0v) is 11.6. The maximum Gasteiger partial charge on any atom is 0.128 e. The molecule has 3 nitrogen and oxygen atoms in total. The second kappa shape index (κ2) is 6.41. The maximum atomic E-state index is 5.90. The Bertz CT molecular complexity index is 369. The molecule has 0 aromatic heterocycles. The van der Waals surface area contributed by atoms with Gasteiger partial charge >= 0.3 is 0 Å². The van der Waals surface area contributed by atoms with Gasteiger partial charge in [-0.05, 0) is 37.2 Å². The van der Waals surface area contributed by atoms with Gasteiger partial charge in [0.1, 0.15) is 18.0 Å². The van der Waals surface area contributed by atoms with Gasteiger partial charge in [0, 0.05) is 24.6 Å². The Labute approximate surface area is 113 Å². The molecule has 1 aliphatic carbocycles. The number of methoxy groups -OCH3 is 1. The molecular weight excluding hydrogens is 250 g/mol. The van der Waals surface area contributed by atoms with E-state index in [2.05, 4.69) is 12.2 Å². The van der Waals surface area contributed by atoms with Crippen molar-refractivity contribution in [3.8, 4) is 5.75 Å². The van der Waals surface area contributed by atoms with E-state index in [0.29, 0.717) is 6.04 Å². The summed E-state index contributed by atoms with van der Waals surface area (Å²) in [6, 6.07) is 7.87. The number of hydrogen-bond acceptors (Lipinski definition) is 3. The second-order valence-corrected chi connectivity index (χ2v) is 5.04. The van der Waals surface area contributed by atoms with Gasteiger partial charge in [0.25, 0.3) is 0 Å². The standard InChI is InChI=1S/C14H20ClNO2/c1-3-8-16-12-9-13(14(12)17-2)18-11-6-4-10(15)5-7-11/h4-7,12-14,16H,3,8-9H2,1-2H3. The zero-order chi connectivity index (χ0) is 13.0. The minimum absolute atomic E-state index is 0.130. The third-order valence-corrected chi connectivity index (χ3v) is 3.53. The van der Waals surface area contributed by atoms with Crippen LogP contribution in [0.2, 0.25) is 5.02 Å². The van der Waals surface area contributed by atoms with E-state index in [4.69, 9.17) is 21.1 Å². The van der Waals surface area contributed by atoms with Crippen LogP contribution in [-0.4, -0.2) is 31.9 Å². The van der Waals surface area contributed by atoms with Gasteiger partial charge in [0.15, 0.2) is 0 Å². The van der Waals surface area contributed by atoms with Gasteiger partial charge in [0.2, 0.25) is 0 Å². The monoisotopic (exact) mass is 269 g/mol. The normalized spacial score (nSPS) is 26.7. The SMILES string of the molecule is CCCNC1CC(Oc2ccc(Cl)cc2)C1OC. The highest BCUT2D eigenvalue weighted by atomic mass is 35.5. The average Bonchev–Trinajstić information content (AvgIpc) is 2.35. The lowest BCUT2D eigenvalue weighted by molar-refractivity contribution is -0.0887. The van der Waals surface area contributed by atoms with Crippen molar-refractivity contribution in [2.24, 2.45) is 0 Å². The molecule has 100 valence electrons. The third kappa shape index (κ3) is 3.16. The van der Waals surface area contributed by atoms with Crippen LogP contribution in [0.25, 0.3) is 0 Å². The Morgan fingerprint density at radius 3 is 2.67 bits per heavy atom. The lowest BCUT2D eigenvalue weighted by Crippen LogP contribution is -2.61. The quantitative estimate of drug-likeness (QED) is 0.861. The lowest BCUT2D eigenvalue weighted by Gasteiger charge is -2.43. The van der Waals surface area contributed by atoms with Crippen LogP contribution in [0.3, 0.4) is 0 Å². The molecule has 0 radical (unpaired) electrons. The highest BCUT2D eigenvalue weighted by Gasteiger charge is 2.42. The molecule has 1 fully saturated rings. The molecule has 1 aromatic rings. The van der Waals surface area contributed by atoms with Crippen molar-refractivity contribution in [1.29, 1.82) is 0 Å². The minimum Gasteiger partial charge on any atom is -0.488 e. The van der Waals surface area contributed by atoms with Crippen LogP contribution >= 0.6 is 11.6 Å². The van der Waals surface area contributed by atoms with E-state index in [1.165, 1.54) is 0 Å². The number of halogens is 1. The zero-order valence-electron chi connectivity index (χ0n) is 10.9. The molecule has 1 aliphatic rings. The number of benzene rings is 1. The van der Waals surface area contributed by atoms with Crippen LogP contribution in [-0.2, 0) is 4.74 Å². The molecule has 0 aliphatic heterocycles. The Hall–Kier alpha value is -0.770. The summed E-state index contributed by atoms with van der Waals surface area (Å²) in [5.74, 6) is 0.848. The summed E-state index contributed by atoms with van der Waals surface area (Å²) in [6.07, 6.45) is 2.38. The highest BCUT2D eigenvalue weighted by molar-refractivity contribution is 6.30. The summed E-state index contributed by atoms with van der Waals surface area (Å²) in [7, 11) is 1.74. The fraction of sp³-hybridized carbons (Fsp3) is 0.571. The van der Waals surface area contributed by atoms with Gasteiger partial charge in [-0.2, -0.15) is 0 Å². The van der Waals surface area contributed by atoms with E-state index >= 15 is 0 Å².